The molecule has 0 aliphatic rings. The largest absolute Gasteiger partial charge is 0.373 e. The summed E-state index contributed by atoms with van der Waals surface area (Å²) in [7, 11) is 3.99. The summed E-state index contributed by atoms with van der Waals surface area (Å²) in [6, 6.07) is 6.23. The molecule has 0 spiro atoms. The highest BCUT2D eigenvalue weighted by Gasteiger charge is 2.06. The SMILES string of the molecule is CNc1cc(C)nc(CN(C)CCc2cccs2)n1. The van der Waals surface area contributed by atoms with E-state index in [4.69, 9.17) is 0 Å². The molecule has 0 unspecified atom stereocenters. The minimum Gasteiger partial charge on any atom is -0.373 e. The molecule has 2 heterocycles. The molecule has 0 amide bonds. The van der Waals surface area contributed by atoms with Crippen LogP contribution in [0, 0.1) is 6.92 Å². The smallest absolute Gasteiger partial charge is 0.144 e. The van der Waals surface area contributed by atoms with Gasteiger partial charge in [-0.25, -0.2) is 9.97 Å². The minimum atomic E-state index is 0.779. The molecule has 0 aliphatic heterocycles. The highest BCUT2D eigenvalue weighted by Crippen LogP contribution is 2.11. The molecule has 4 nitrogen and oxygen atoms in total. The lowest BCUT2D eigenvalue weighted by Crippen LogP contribution is -2.22. The fourth-order valence-electron chi connectivity index (χ4n) is 1.91. The van der Waals surface area contributed by atoms with Crippen molar-refractivity contribution >= 4 is 17.2 Å². The maximum absolute atomic E-state index is 4.48. The van der Waals surface area contributed by atoms with Gasteiger partial charge < -0.3 is 5.32 Å². The Labute approximate surface area is 118 Å². The van der Waals surface area contributed by atoms with Gasteiger partial charge in [-0.05, 0) is 31.8 Å². The number of hydrogen-bond acceptors (Lipinski definition) is 5. The number of rotatable bonds is 6. The maximum atomic E-state index is 4.48. The van der Waals surface area contributed by atoms with Gasteiger partial charge in [-0.3, -0.25) is 4.90 Å². The second-order valence-electron chi connectivity index (χ2n) is 4.63. The molecule has 1 N–H and O–H groups in total. The van der Waals surface area contributed by atoms with Crippen molar-refractivity contribution in [1.29, 1.82) is 0 Å². The number of nitrogens with zero attached hydrogens (tertiary/aromatic N) is 3. The van der Waals surface area contributed by atoms with Crippen LogP contribution in [0.5, 0.6) is 0 Å². The third kappa shape index (κ3) is 4.29. The van der Waals surface area contributed by atoms with Crippen molar-refractivity contribution in [2.75, 3.05) is 26.0 Å². The van der Waals surface area contributed by atoms with Crippen LogP contribution in [-0.4, -0.2) is 35.5 Å². The van der Waals surface area contributed by atoms with Crippen LogP contribution < -0.4 is 5.32 Å². The number of anilines is 1. The molecule has 0 saturated carbocycles. The van der Waals surface area contributed by atoms with E-state index in [9.17, 15) is 0 Å². The summed E-state index contributed by atoms with van der Waals surface area (Å²) in [4.78, 5) is 12.6. The Morgan fingerprint density at radius 3 is 2.89 bits per heavy atom. The minimum absolute atomic E-state index is 0.779. The van der Waals surface area contributed by atoms with Crippen LogP contribution in [-0.2, 0) is 13.0 Å². The van der Waals surface area contributed by atoms with E-state index in [1.54, 1.807) is 0 Å². The van der Waals surface area contributed by atoms with Crippen LogP contribution in [0.3, 0.4) is 0 Å². The Bertz CT molecular complexity index is 510. The number of thiophene rings is 1. The van der Waals surface area contributed by atoms with E-state index in [-0.39, 0.29) is 0 Å². The van der Waals surface area contributed by atoms with Crippen LogP contribution in [0.4, 0.5) is 5.82 Å². The molecular weight excluding hydrogens is 256 g/mol. The van der Waals surface area contributed by atoms with Crippen LogP contribution in [0.2, 0.25) is 0 Å². The molecule has 0 aromatic carbocycles. The fourth-order valence-corrected chi connectivity index (χ4v) is 2.60. The average molecular weight is 276 g/mol. The van der Waals surface area contributed by atoms with Crippen molar-refractivity contribution < 1.29 is 0 Å². The van der Waals surface area contributed by atoms with Gasteiger partial charge in [-0.15, -0.1) is 11.3 Å². The summed E-state index contributed by atoms with van der Waals surface area (Å²) in [5.41, 5.74) is 1.00. The van der Waals surface area contributed by atoms with Crippen molar-refractivity contribution in [1.82, 2.24) is 14.9 Å². The van der Waals surface area contributed by atoms with Crippen molar-refractivity contribution in [2.45, 2.75) is 19.9 Å². The number of hydrogen-bond donors (Lipinski definition) is 1. The molecule has 0 bridgehead atoms. The lowest BCUT2D eigenvalue weighted by molar-refractivity contribution is 0.323. The molecule has 0 fully saturated rings. The first-order valence-corrected chi connectivity index (χ1v) is 7.28. The normalized spacial score (nSPS) is 10.9. The first kappa shape index (κ1) is 14.0. The van der Waals surface area contributed by atoms with Crippen LogP contribution >= 0.6 is 11.3 Å². The van der Waals surface area contributed by atoms with Crippen LogP contribution in [0.1, 0.15) is 16.4 Å². The molecular formula is C14H20N4S. The predicted octanol–water partition coefficient (Wildman–Crippen LogP) is 2.56. The predicted molar refractivity (Wildman–Crippen MR) is 80.7 cm³/mol. The monoisotopic (exact) mass is 276 g/mol. The molecule has 0 aliphatic carbocycles. The third-order valence-corrected chi connectivity index (χ3v) is 3.82. The van der Waals surface area contributed by atoms with E-state index in [0.29, 0.717) is 0 Å². The fraction of sp³-hybridized carbons (Fsp3) is 0.429. The highest BCUT2D eigenvalue weighted by molar-refractivity contribution is 7.09. The van der Waals surface area contributed by atoms with Crippen molar-refractivity contribution in [3.63, 3.8) is 0 Å². The third-order valence-electron chi connectivity index (χ3n) is 2.89. The molecule has 102 valence electrons. The van der Waals surface area contributed by atoms with Crippen LogP contribution in [0.25, 0.3) is 0 Å². The molecule has 2 aromatic heterocycles. The second kappa shape index (κ2) is 6.63. The molecule has 0 radical (unpaired) electrons. The van der Waals surface area contributed by atoms with Gasteiger partial charge in [0.05, 0.1) is 6.54 Å². The Morgan fingerprint density at radius 1 is 1.37 bits per heavy atom. The van der Waals surface area contributed by atoms with Gasteiger partial charge in [-0.1, -0.05) is 6.07 Å². The summed E-state index contributed by atoms with van der Waals surface area (Å²) in [5.74, 6) is 1.76. The first-order chi connectivity index (χ1) is 9.17. The zero-order chi connectivity index (χ0) is 13.7. The van der Waals surface area contributed by atoms with Crippen molar-refractivity contribution in [3.8, 4) is 0 Å². The standard InChI is InChI=1S/C14H20N4S/c1-11-9-13(15-2)17-14(16-11)10-18(3)7-6-12-5-4-8-19-12/h4-5,8-9H,6-7,10H2,1-3H3,(H,15,16,17). The zero-order valence-corrected chi connectivity index (χ0v) is 12.5. The topological polar surface area (TPSA) is 41.1 Å². The van der Waals surface area contributed by atoms with Crippen LogP contribution in [0.15, 0.2) is 23.6 Å². The van der Waals surface area contributed by atoms with E-state index in [1.165, 1.54) is 4.88 Å². The van der Waals surface area contributed by atoms with Gasteiger partial charge >= 0.3 is 0 Å². The Hall–Kier alpha value is -1.46. The second-order valence-corrected chi connectivity index (χ2v) is 5.66. The van der Waals surface area contributed by atoms with E-state index in [2.05, 4.69) is 44.7 Å². The highest BCUT2D eigenvalue weighted by atomic mass is 32.1. The summed E-state index contributed by atoms with van der Waals surface area (Å²) in [6.07, 6.45) is 1.08. The first-order valence-electron chi connectivity index (χ1n) is 6.40. The summed E-state index contributed by atoms with van der Waals surface area (Å²) in [5, 5.41) is 5.19. The molecule has 2 aromatic rings. The number of aromatic nitrogens is 2. The molecule has 2 rings (SSSR count). The number of nitrogens with one attached hydrogen (secondary N) is 1. The van der Waals surface area contributed by atoms with Gasteiger partial charge in [0.15, 0.2) is 0 Å². The van der Waals surface area contributed by atoms with Crippen molar-refractivity contribution in [2.24, 2.45) is 0 Å². The quantitative estimate of drug-likeness (QED) is 0.880. The van der Waals surface area contributed by atoms with Gasteiger partial charge in [-0.2, -0.15) is 0 Å². The summed E-state index contributed by atoms with van der Waals surface area (Å²) >= 11 is 1.81. The molecule has 0 saturated heterocycles. The van der Waals surface area contributed by atoms with Gasteiger partial charge in [0.2, 0.25) is 0 Å². The van der Waals surface area contributed by atoms with E-state index < -0.39 is 0 Å². The lowest BCUT2D eigenvalue weighted by atomic mass is 10.3. The van der Waals surface area contributed by atoms with Gasteiger partial charge in [0, 0.05) is 30.2 Å². The Balaban J connectivity index is 1.91. The summed E-state index contributed by atoms with van der Waals surface area (Å²) < 4.78 is 0. The van der Waals surface area contributed by atoms with Crippen molar-refractivity contribution in [3.05, 3.63) is 40.0 Å². The molecule has 19 heavy (non-hydrogen) atoms. The lowest BCUT2D eigenvalue weighted by Gasteiger charge is -2.15. The van der Waals surface area contributed by atoms with Gasteiger partial charge in [0.25, 0.3) is 0 Å². The average Bonchev–Trinajstić information content (AvgIpc) is 2.88. The maximum Gasteiger partial charge on any atom is 0.144 e. The van der Waals surface area contributed by atoms with Gasteiger partial charge in [0.1, 0.15) is 11.6 Å². The van der Waals surface area contributed by atoms with E-state index in [0.717, 1.165) is 36.8 Å². The van der Waals surface area contributed by atoms with E-state index >= 15 is 0 Å². The molecule has 5 heteroatoms. The Kier molecular flexibility index (Phi) is 4.87. The zero-order valence-electron chi connectivity index (χ0n) is 11.7. The summed E-state index contributed by atoms with van der Waals surface area (Å²) in [6.45, 7) is 3.80. The number of aryl methyl sites for hydroxylation is 1. The van der Waals surface area contributed by atoms with E-state index in [1.807, 2.05) is 31.4 Å². The molecule has 0 atom stereocenters. The Morgan fingerprint density at radius 2 is 2.21 bits per heavy atom. The number of likely N-dealkylation sites (N-methyl/N-ethyl adjacent to an activating group) is 1.